The van der Waals surface area contributed by atoms with Crippen LogP contribution in [0.2, 0.25) is 0 Å². The molecule has 0 aromatic carbocycles. The van der Waals surface area contributed by atoms with E-state index in [1.165, 1.54) is 6.20 Å². The summed E-state index contributed by atoms with van der Waals surface area (Å²) < 4.78 is 1.55. The van der Waals surface area contributed by atoms with Gasteiger partial charge in [-0.15, -0.1) is 0 Å². The number of carbonyl (C=O) groups is 1. The quantitative estimate of drug-likeness (QED) is 0.622. The Labute approximate surface area is 117 Å². The topological polar surface area (TPSA) is 81.3 Å². The zero-order valence-electron chi connectivity index (χ0n) is 12.1. The van der Waals surface area contributed by atoms with Crippen molar-refractivity contribution in [2.24, 2.45) is 11.8 Å². The standard InChI is InChI=1S/C13H20N4O3/c1-9-4-10(2)6-16(5-9)13(18)8-15-7-12(17(19)20)14-11(15)3/h7,9-10H,4-6,8H2,1-3H3. The van der Waals surface area contributed by atoms with Gasteiger partial charge in [-0.05, 0) is 28.2 Å². The summed E-state index contributed by atoms with van der Waals surface area (Å²) in [5.41, 5.74) is 0. The minimum absolute atomic E-state index is 0.00111. The van der Waals surface area contributed by atoms with Crippen molar-refractivity contribution in [1.82, 2.24) is 14.5 Å². The molecule has 1 saturated heterocycles. The summed E-state index contributed by atoms with van der Waals surface area (Å²) in [7, 11) is 0. The molecule has 1 aliphatic heterocycles. The number of amides is 1. The van der Waals surface area contributed by atoms with Crippen LogP contribution in [0, 0.1) is 28.9 Å². The lowest BCUT2D eigenvalue weighted by Crippen LogP contribution is -2.44. The first-order valence-electron chi connectivity index (χ1n) is 6.82. The van der Waals surface area contributed by atoms with E-state index in [9.17, 15) is 14.9 Å². The van der Waals surface area contributed by atoms with E-state index in [-0.39, 0.29) is 18.3 Å². The van der Waals surface area contributed by atoms with Crippen molar-refractivity contribution in [3.05, 3.63) is 22.1 Å². The van der Waals surface area contributed by atoms with E-state index in [2.05, 4.69) is 18.8 Å². The third kappa shape index (κ3) is 3.15. The van der Waals surface area contributed by atoms with Crippen LogP contribution < -0.4 is 0 Å². The van der Waals surface area contributed by atoms with Crippen molar-refractivity contribution < 1.29 is 9.72 Å². The molecule has 0 N–H and O–H groups in total. The van der Waals surface area contributed by atoms with Crippen LogP contribution in [0.3, 0.4) is 0 Å². The fourth-order valence-corrected chi connectivity index (χ4v) is 2.85. The molecule has 2 atom stereocenters. The zero-order chi connectivity index (χ0) is 14.9. The van der Waals surface area contributed by atoms with Gasteiger partial charge in [0.25, 0.3) is 0 Å². The lowest BCUT2D eigenvalue weighted by molar-refractivity contribution is -0.389. The summed E-state index contributed by atoms with van der Waals surface area (Å²) in [5, 5.41) is 10.7. The molecular formula is C13H20N4O3. The van der Waals surface area contributed by atoms with Crippen LogP contribution in [-0.2, 0) is 11.3 Å². The Bertz CT molecular complexity index is 516. The molecule has 7 heteroatoms. The van der Waals surface area contributed by atoms with Crippen molar-refractivity contribution >= 4 is 11.7 Å². The predicted molar refractivity (Wildman–Crippen MR) is 73.1 cm³/mol. The summed E-state index contributed by atoms with van der Waals surface area (Å²) in [5.74, 6) is 1.28. The second kappa shape index (κ2) is 5.60. The van der Waals surface area contributed by atoms with Gasteiger partial charge in [0, 0.05) is 20.0 Å². The largest absolute Gasteiger partial charge is 0.381 e. The molecule has 1 aromatic heterocycles. The smallest absolute Gasteiger partial charge is 0.358 e. The van der Waals surface area contributed by atoms with Crippen molar-refractivity contribution in [3.8, 4) is 0 Å². The minimum atomic E-state index is -0.543. The van der Waals surface area contributed by atoms with Gasteiger partial charge in [0.1, 0.15) is 12.7 Å². The molecule has 1 amide bonds. The molecule has 2 unspecified atom stereocenters. The van der Waals surface area contributed by atoms with E-state index in [1.54, 1.807) is 11.5 Å². The number of piperidine rings is 1. The number of carbonyl (C=O) groups excluding carboxylic acids is 1. The van der Waals surface area contributed by atoms with Crippen LogP contribution in [0.15, 0.2) is 6.20 Å². The number of nitro groups is 1. The van der Waals surface area contributed by atoms with Crippen LogP contribution in [-0.4, -0.2) is 38.4 Å². The molecule has 1 aliphatic rings. The summed E-state index contributed by atoms with van der Waals surface area (Å²) in [6, 6.07) is 0. The maximum atomic E-state index is 12.3. The Morgan fingerprint density at radius 1 is 1.45 bits per heavy atom. The Morgan fingerprint density at radius 3 is 2.55 bits per heavy atom. The molecule has 2 rings (SSSR count). The molecule has 20 heavy (non-hydrogen) atoms. The number of hydrogen-bond acceptors (Lipinski definition) is 4. The van der Waals surface area contributed by atoms with Gasteiger partial charge < -0.3 is 15.0 Å². The second-order valence-corrected chi connectivity index (χ2v) is 5.78. The van der Waals surface area contributed by atoms with Crippen LogP contribution in [0.25, 0.3) is 0 Å². The van der Waals surface area contributed by atoms with Gasteiger partial charge in [-0.2, -0.15) is 0 Å². The summed E-state index contributed by atoms with van der Waals surface area (Å²) >= 11 is 0. The maximum absolute atomic E-state index is 12.3. The molecule has 0 saturated carbocycles. The first-order valence-corrected chi connectivity index (χ1v) is 6.82. The van der Waals surface area contributed by atoms with Crippen molar-refractivity contribution in [2.45, 2.75) is 33.7 Å². The second-order valence-electron chi connectivity index (χ2n) is 5.78. The van der Waals surface area contributed by atoms with E-state index >= 15 is 0 Å². The highest BCUT2D eigenvalue weighted by atomic mass is 16.6. The summed E-state index contributed by atoms with van der Waals surface area (Å²) in [4.78, 5) is 28.1. The maximum Gasteiger partial charge on any atom is 0.381 e. The fourth-order valence-electron chi connectivity index (χ4n) is 2.85. The van der Waals surface area contributed by atoms with Crippen molar-refractivity contribution in [1.29, 1.82) is 0 Å². The number of imidazole rings is 1. The van der Waals surface area contributed by atoms with Gasteiger partial charge >= 0.3 is 5.82 Å². The SMILES string of the molecule is Cc1nc([N+](=O)[O-])cn1CC(=O)N1CC(C)CC(C)C1. The first-order chi connectivity index (χ1) is 9.36. The average molecular weight is 280 g/mol. The Balaban J connectivity index is 2.06. The Morgan fingerprint density at radius 2 is 2.05 bits per heavy atom. The molecule has 0 bridgehead atoms. The molecule has 0 aliphatic carbocycles. The molecule has 2 heterocycles. The molecule has 0 radical (unpaired) electrons. The van der Waals surface area contributed by atoms with Crippen LogP contribution in [0.1, 0.15) is 26.1 Å². The van der Waals surface area contributed by atoms with Crippen LogP contribution in [0.5, 0.6) is 0 Å². The zero-order valence-corrected chi connectivity index (χ0v) is 12.1. The normalized spacial score (nSPS) is 22.9. The van der Waals surface area contributed by atoms with Gasteiger partial charge in [0.05, 0.1) is 0 Å². The van der Waals surface area contributed by atoms with Gasteiger partial charge in [-0.25, -0.2) is 0 Å². The Kier molecular flexibility index (Phi) is 4.06. The number of likely N-dealkylation sites (tertiary alicyclic amines) is 1. The monoisotopic (exact) mass is 280 g/mol. The lowest BCUT2D eigenvalue weighted by Gasteiger charge is -2.35. The van der Waals surface area contributed by atoms with Crippen molar-refractivity contribution in [2.75, 3.05) is 13.1 Å². The first kappa shape index (κ1) is 14.5. The van der Waals surface area contributed by atoms with E-state index < -0.39 is 4.92 Å². The van der Waals surface area contributed by atoms with E-state index in [0.717, 1.165) is 19.5 Å². The highest BCUT2D eigenvalue weighted by Crippen LogP contribution is 2.21. The number of aryl methyl sites for hydroxylation is 1. The highest BCUT2D eigenvalue weighted by Gasteiger charge is 2.26. The van der Waals surface area contributed by atoms with Gasteiger partial charge in [-0.1, -0.05) is 13.8 Å². The molecule has 7 nitrogen and oxygen atoms in total. The number of nitrogens with zero attached hydrogens (tertiary/aromatic N) is 4. The average Bonchev–Trinajstić information content (AvgIpc) is 2.70. The third-order valence-corrected chi connectivity index (χ3v) is 3.68. The molecule has 1 aromatic rings. The van der Waals surface area contributed by atoms with E-state index in [1.807, 2.05) is 4.90 Å². The molecule has 0 spiro atoms. The number of aromatic nitrogens is 2. The van der Waals surface area contributed by atoms with Crippen LogP contribution >= 0.6 is 0 Å². The van der Waals surface area contributed by atoms with Gasteiger partial charge in [0.15, 0.2) is 0 Å². The highest BCUT2D eigenvalue weighted by molar-refractivity contribution is 5.76. The summed E-state index contributed by atoms with van der Waals surface area (Å²) in [6.07, 6.45) is 2.46. The molecule has 1 fully saturated rings. The molecule has 110 valence electrons. The van der Waals surface area contributed by atoms with Gasteiger partial charge in [-0.3, -0.25) is 9.36 Å². The fraction of sp³-hybridized carbons (Fsp3) is 0.692. The van der Waals surface area contributed by atoms with E-state index in [4.69, 9.17) is 0 Å². The third-order valence-electron chi connectivity index (χ3n) is 3.68. The van der Waals surface area contributed by atoms with E-state index in [0.29, 0.717) is 17.7 Å². The van der Waals surface area contributed by atoms with Crippen molar-refractivity contribution in [3.63, 3.8) is 0 Å². The molecular weight excluding hydrogens is 260 g/mol. The number of hydrogen-bond donors (Lipinski definition) is 0. The van der Waals surface area contributed by atoms with Gasteiger partial charge in [0.2, 0.25) is 11.7 Å². The van der Waals surface area contributed by atoms with Crippen LogP contribution in [0.4, 0.5) is 5.82 Å². The Hall–Kier alpha value is -1.92. The number of rotatable bonds is 3. The lowest BCUT2D eigenvalue weighted by atomic mass is 9.92. The minimum Gasteiger partial charge on any atom is -0.358 e. The summed E-state index contributed by atoms with van der Waals surface area (Å²) in [6.45, 7) is 7.60. The predicted octanol–water partition coefficient (Wildman–Crippen LogP) is 1.60.